The van der Waals surface area contributed by atoms with Crippen LogP contribution in [0.1, 0.15) is 42.3 Å². The van der Waals surface area contributed by atoms with Gasteiger partial charge in [0.25, 0.3) is 0 Å². The first-order valence-electron chi connectivity index (χ1n) is 19.2. The number of nitrogens with zero attached hydrogens (tertiary/aromatic N) is 1. The van der Waals surface area contributed by atoms with E-state index in [4.69, 9.17) is 14.2 Å². The highest BCUT2D eigenvalue weighted by Crippen LogP contribution is 2.50. The summed E-state index contributed by atoms with van der Waals surface area (Å²) in [5, 5.41) is 93.2. The van der Waals surface area contributed by atoms with Gasteiger partial charge in [-0.15, -0.1) is 0 Å². The molecule has 16 nitrogen and oxygen atoms in total. The standard InChI is InChI=1S/C43H44FNO15/c44-24-13-9-20(10-14-24)22(19-30-32(47)33(48)35(50)38(58-30)41(54)55)12-16-28-31(45(40(28)53)25-6-2-1-3-7-25)27-15-11-23(21-5-4-8-26(46)17-21)18-29(27)59-43-37(52)34(49)36(51)39(60-43)42(56)57/h1-11,13-15,17-18,22,28,30-39,43,46-52H,12,16,19H2,(H,54,55)(H,56,57)/t22-,28-,30+,31-,32?,33?,34?,35+,36+,37?,38?,39?,43-/m1/s1. The van der Waals surface area contributed by atoms with Gasteiger partial charge in [0, 0.05) is 11.3 Å². The third-order valence-electron chi connectivity index (χ3n) is 11.5. The number of carbonyl (C=O) groups is 3. The molecule has 9 N–H and O–H groups in total. The molecule has 17 heteroatoms. The fourth-order valence-electron chi connectivity index (χ4n) is 8.25. The second-order valence-corrected chi connectivity index (χ2v) is 15.2. The van der Waals surface area contributed by atoms with Gasteiger partial charge in [-0.3, -0.25) is 4.79 Å². The number of β-lactam (4-membered cyclic amide) rings is 1. The predicted octanol–water partition coefficient (Wildman–Crippen LogP) is 2.06. The van der Waals surface area contributed by atoms with Crippen molar-refractivity contribution in [1.82, 2.24) is 0 Å². The molecule has 0 aromatic heterocycles. The van der Waals surface area contributed by atoms with Crippen molar-refractivity contribution in [3.8, 4) is 22.6 Å². The average molecular weight is 834 g/mol. The number of hydrogen-bond donors (Lipinski definition) is 9. The van der Waals surface area contributed by atoms with Gasteiger partial charge in [-0.1, -0.05) is 54.6 Å². The van der Waals surface area contributed by atoms with Crippen LogP contribution in [0.5, 0.6) is 11.5 Å². The maximum Gasteiger partial charge on any atom is 0.335 e. The number of carboxylic acid groups (broad SMARTS) is 2. The highest BCUT2D eigenvalue weighted by atomic mass is 19.1. The van der Waals surface area contributed by atoms with Crippen molar-refractivity contribution in [3.63, 3.8) is 0 Å². The first-order valence-corrected chi connectivity index (χ1v) is 19.2. The van der Waals surface area contributed by atoms with Crippen LogP contribution in [0.3, 0.4) is 0 Å². The van der Waals surface area contributed by atoms with E-state index in [-0.39, 0.29) is 36.7 Å². The van der Waals surface area contributed by atoms with Gasteiger partial charge in [0.1, 0.15) is 53.9 Å². The Bertz CT molecular complexity index is 2180. The van der Waals surface area contributed by atoms with Crippen molar-refractivity contribution in [1.29, 1.82) is 0 Å². The van der Waals surface area contributed by atoms with E-state index in [1.54, 1.807) is 54.6 Å². The molecule has 13 atom stereocenters. The zero-order valence-electron chi connectivity index (χ0n) is 31.7. The molecule has 1 amide bonds. The smallest absolute Gasteiger partial charge is 0.335 e. The van der Waals surface area contributed by atoms with Gasteiger partial charge in [-0.2, -0.15) is 0 Å². The van der Waals surface area contributed by atoms with Gasteiger partial charge in [0.15, 0.2) is 12.2 Å². The van der Waals surface area contributed by atoms with E-state index < -0.39 is 96.9 Å². The van der Waals surface area contributed by atoms with Crippen LogP contribution in [-0.2, 0) is 23.9 Å². The van der Waals surface area contributed by atoms with Gasteiger partial charge < -0.3 is 65.1 Å². The lowest BCUT2D eigenvalue weighted by Gasteiger charge is -2.48. The number of aliphatic carboxylic acids is 2. The summed E-state index contributed by atoms with van der Waals surface area (Å²) >= 11 is 0. The van der Waals surface area contributed by atoms with Gasteiger partial charge >= 0.3 is 11.9 Å². The number of phenolic OH excluding ortho intramolecular Hbond substituents is 1. The molecule has 318 valence electrons. The number of benzene rings is 4. The zero-order chi connectivity index (χ0) is 43.0. The molecule has 0 radical (unpaired) electrons. The number of phenols is 1. The number of amides is 1. The molecule has 4 aromatic carbocycles. The number of carbonyl (C=O) groups excluding carboxylic acids is 1. The molecule has 4 aromatic rings. The molecule has 0 saturated carbocycles. The quantitative estimate of drug-likeness (QED) is 0.0874. The van der Waals surface area contributed by atoms with E-state index in [0.29, 0.717) is 27.9 Å². The molecule has 3 fully saturated rings. The zero-order valence-corrected chi connectivity index (χ0v) is 31.7. The summed E-state index contributed by atoms with van der Waals surface area (Å²) in [5.74, 6) is -5.50. The summed E-state index contributed by atoms with van der Waals surface area (Å²) in [6, 6.07) is 24.5. The molecule has 3 saturated heterocycles. The van der Waals surface area contributed by atoms with E-state index >= 15 is 0 Å². The van der Waals surface area contributed by atoms with Crippen molar-refractivity contribution in [3.05, 3.63) is 114 Å². The fourth-order valence-corrected chi connectivity index (χ4v) is 8.25. The third kappa shape index (κ3) is 8.43. The first-order chi connectivity index (χ1) is 28.6. The topological polar surface area (TPSA) is 264 Å². The van der Waals surface area contributed by atoms with Crippen LogP contribution < -0.4 is 9.64 Å². The minimum Gasteiger partial charge on any atom is -0.508 e. The summed E-state index contributed by atoms with van der Waals surface area (Å²) in [7, 11) is 0. The molecule has 0 spiro atoms. The van der Waals surface area contributed by atoms with Crippen LogP contribution in [0.2, 0.25) is 0 Å². The minimum atomic E-state index is -1.99. The first kappa shape index (κ1) is 42.6. The summed E-state index contributed by atoms with van der Waals surface area (Å²) in [4.78, 5) is 39.7. The maximum absolute atomic E-state index is 14.3. The molecule has 3 aliphatic rings. The lowest BCUT2D eigenvalue weighted by atomic mass is 9.75. The van der Waals surface area contributed by atoms with Gasteiger partial charge in [0.2, 0.25) is 12.2 Å². The molecule has 7 rings (SSSR count). The van der Waals surface area contributed by atoms with Gasteiger partial charge in [-0.25, -0.2) is 14.0 Å². The predicted molar refractivity (Wildman–Crippen MR) is 206 cm³/mol. The minimum absolute atomic E-state index is 0.00266. The van der Waals surface area contributed by atoms with Crippen LogP contribution in [0.4, 0.5) is 10.1 Å². The normalized spacial score (nSPS) is 30.9. The Morgan fingerprint density at radius 3 is 2.00 bits per heavy atom. The lowest BCUT2D eigenvalue weighted by Crippen LogP contribution is -2.61. The average Bonchev–Trinajstić information content (AvgIpc) is 3.23. The number of aromatic hydroxyl groups is 1. The summed E-state index contributed by atoms with van der Waals surface area (Å²) < 4.78 is 31.4. The molecule has 3 aliphatic heterocycles. The van der Waals surface area contributed by atoms with Crippen molar-refractivity contribution in [2.75, 3.05) is 4.90 Å². The monoisotopic (exact) mass is 833 g/mol. The summed E-state index contributed by atoms with van der Waals surface area (Å²) in [6.45, 7) is 0. The number of halogens is 1. The van der Waals surface area contributed by atoms with Crippen molar-refractivity contribution in [2.45, 2.75) is 92.4 Å². The Labute approximate surface area is 341 Å². The molecule has 3 heterocycles. The van der Waals surface area contributed by atoms with Crippen LogP contribution in [0.15, 0.2) is 97.1 Å². The highest BCUT2D eigenvalue weighted by molar-refractivity contribution is 6.03. The Morgan fingerprint density at radius 2 is 1.35 bits per heavy atom. The van der Waals surface area contributed by atoms with Crippen LogP contribution in [0.25, 0.3) is 11.1 Å². The summed E-state index contributed by atoms with van der Waals surface area (Å²) in [6.07, 6.45) is -18.1. The van der Waals surface area contributed by atoms with E-state index in [1.807, 2.05) is 0 Å². The van der Waals surface area contributed by atoms with E-state index in [2.05, 4.69) is 0 Å². The molecule has 60 heavy (non-hydrogen) atoms. The van der Waals surface area contributed by atoms with Crippen molar-refractivity contribution >= 4 is 23.5 Å². The number of aliphatic hydroxyl groups is 6. The number of ether oxygens (including phenoxy) is 3. The lowest BCUT2D eigenvalue weighted by molar-refractivity contribution is -0.271. The molecular weight excluding hydrogens is 789 g/mol. The van der Waals surface area contributed by atoms with E-state index in [1.165, 1.54) is 47.4 Å². The number of rotatable bonds is 13. The number of hydrogen-bond acceptors (Lipinski definition) is 13. The number of anilines is 1. The molecule has 6 unspecified atom stereocenters. The van der Waals surface area contributed by atoms with Crippen LogP contribution in [0, 0.1) is 11.7 Å². The third-order valence-corrected chi connectivity index (χ3v) is 11.5. The Kier molecular flexibility index (Phi) is 12.5. The number of aliphatic hydroxyl groups excluding tert-OH is 6. The number of para-hydroxylation sites is 1. The van der Waals surface area contributed by atoms with Crippen LogP contribution in [-0.4, -0.2) is 125 Å². The Morgan fingerprint density at radius 1 is 0.717 bits per heavy atom. The highest BCUT2D eigenvalue weighted by Gasteiger charge is 2.52. The molecule has 0 bridgehead atoms. The van der Waals surface area contributed by atoms with Gasteiger partial charge in [0.05, 0.1) is 18.1 Å². The van der Waals surface area contributed by atoms with E-state index in [0.717, 1.165) is 0 Å². The second kappa shape index (κ2) is 17.6. The van der Waals surface area contributed by atoms with E-state index in [9.17, 15) is 64.7 Å². The molecule has 0 aliphatic carbocycles. The Balaban J connectivity index is 1.26. The fraction of sp³-hybridized carbons (Fsp3) is 0.372. The SMILES string of the molecule is O=C(O)C1O[C@@H](Oc2cc(-c3cccc(O)c3)ccc2[C@@H]2[C@@H](CC[C@H](C[C@@H]3OC(C(=O)O)[C@@H](O)C(O)C3O)c3ccc(F)cc3)C(=O)N2c2ccccc2)C(O)C(O)[C@@H]1O. The summed E-state index contributed by atoms with van der Waals surface area (Å²) in [5.41, 5.74) is 2.45. The largest absolute Gasteiger partial charge is 0.508 e. The molecular formula is C43H44FNO15. The Hall–Kier alpha value is -5.50. The second-order valence-electron chi connectivity index (χ2n) is 15.2. The van der Waals surface area contributed by atoms with Crippen LogP contribution >= 0.6 is 0 Å². The van der Waals surface area contributed by atoms with Crippen molar-refractivity contribution in [2.24, 2.45) is 5.92 Å². The van der Waals surface area contributed by atoms with Gasteiger partial charge in [-0.05, 0) is 84.3 Å². The maximum atomic E-state index is 14.3. The van der Waals surface area contributed by atoms with Crippen molar-refractivity contribution < 1.29 is 78.9 Å². The number of carboxylic acids is 2.